The molecule has 2 rings (SSSR count). The maximum Gasteiger partial charge on any atom is 0.224 e. The van der Waals surface area contributed by atoms with Crippen LogP contribution in [0.2, 0.25) is 0 Å². The van der Waals surface area contributed by atoms with Crippen LogP contribution < -0.4 is 11.1 Å². The Hall–Kier alpha value is -1.10. The van der Waals surface area contributed by atoms with Gasteiger partial charge in [0.05, 0.1) is 12.0 Å². The summed E-state index contributed by atoms with van der Waals surface area (Å²) >= 11 is 0. The molecule has 0 aromatic heterocycles. The molecule has 1 heterocycles. The van der Waals surface area contributed by atoms with E-state index in [0.717, 1.165) is 25.0 Å². The second-order valence-corrected chi connectivity index (χ2v) is 5.11. The van der Waals surface area contributed by atoms with Crippen LogP contribution in [0.5, 0.6) is 0 Å². The Balaban J connectivity index is 0.00000200. The quantitative estimate of drug-likeness (QED) is 0.874. The van der Waals surface area contributed by atoms with Gasteiger partial charge in [-0.3, -0.25) is 4.79 Å². The van der Waals surface area contributed by atoms with Gasteiger partial charge in [-0.05, 0) is 18.4 Å². The third kappa shape index (κ3) is 4.47. The largest absolute Gasteiger partial charge is 0.376 e. The zero-order valence-electron chi connectivity index (χ0n) is 11.7. The summed E-state index contributed by atoms with van der Waals surface area (Å²) in [6.45, 7) is 3.26. The first-order chi connectivity index (χ1) is 9.18. The molecule has 4 nitrogen and oxygen atoms in total. The third-order valence-corrected chi connectivity index (χ3v) is 3.66. The number of halogens is 1. The Labute approximate surface area is 126 Å². The van der Waals surface area contributed by atoms with Crippen molar-refractivity contribution in [3.05, 3.63) is 35.9 Å². The lowest BCUT2D eigenvalue weighted by Crippen LogP contribution is -2.39. The van der Waals surface area contributed by atoms with Gasteiger partial charge in [0.15, 0.2) is 0 Å². The highest BCUT2D eigenvalue weighted by atomic mass is 35.5. The Morgan fingerprint density at radius 1 is 1.45 bits per heavy atom. The number of hydrogen-bond donors (Lipinski definition) is 2. The molecule has 20 heavy (non-hydrogen) atoms. The van der Waals surface area contributed by atoms with Gasteiger partial charge in [0.25, 0.3) is 0 Å². The van der Waals surface area contributed by atoms with Crippen LogP contribution in [0.25, 0.3) is 0 Å². The van der Waals surface area contributed by atoms with Crippen molar-refractivity contribution in [2.75, 3.05) is 13.2 Å². The third-order valence-electron chi connectivity index (χ3n) is 3.66. The van der Waals surface area contributed by atoms with Gasteiger partial charge in [0.2, 0.25) is 5.91 Å². The van der Waals surface area contributed by atoms with Gasteiger partial charge in [-0.15, -0.1) is 12.4 Å². The predicted molar refractivity (Wildman–Crippen MR) is 81.8 cm³/mol. The highest BCUT2D eigenvalue weighted by Crippen LogP contribution is 2.19. The summed E-state index contributed by atoms with van der Waals surface area (Å²) in [5, 5.41) is 2.93. The Morgan fingerprint density at radius 2 is 2.15 bits per heavy atom. The minimum absolute atomic E-state index is 0. The number of rotatable bonds is 5. The van der Waals surface area contributed by atoms with Gasteiger partial charge in [0, 0.05) is 19.2 Å². The second-order valence-electron chi connectivity index (χ2n) is 5.11. The van der Waals surface area contributed by atoms with Crippen LogP contribution in [0, 0.1) is 5.92 Å². The van der Waals surface area contributed by atoms with Crippen molar-refractivity contribution in [3.63, 3.8) is 0 Å². The standard InChI is InChI=1S/C15H22N2O2.ClH/c1-11(14(16)12-6-3-2-4-7-12)15(18)17-10-13-8-5-9-19-13;/h2-4,6-7,11,13-14H,5,8-10,16H2,1H3,(H,17,18);1H. The zero-order valence-corrected chi connectivity index (χ0v) is 12.6. The highest BCUT2D eigenvalue weighted by molar-refractivity contribution is 5.85. The number of amides is 1. The van der Waals surface area contributed by atoms with Crippen molar-refractivity contribution in [1.82, 2.24) is 5.32 Å². The van der Waals surface area contributed by atoms with Crippen molar-refractivity contribution in [1.29, 1.82) is 0 Å². The number of nitrogens with one attached hydrogen (secondary N) is 1. The number of carbonyl (C=O) groups excluding carboxylic acids is 1. The molecule has 3 N–H and O–H groups in total. The minimum atomic E-state index is -0.273. The fraction of sp³-hybridized carbons (Fsp3) is 0.533. The van der Waals surface area contributed by atoms with E-state index in [9.17, 15) is 4.79 Å². The van der Waals surface area contributed by atoms with E-state index in [0.29, 0.717) is 6.54 Å². The number of nitrogens with two attached hydrogens (primary N) is 1. The van der Waals surface area contributed by atoms with Crippen molar-refractivity contribution in [2.24, 2.45) is 11.7 Å². The zero-order chi connectivity index (χ0) is 13.7. The van der Waals surface area contributed by atoms with Gasteiger partial charge in [-0.1, -0.05) is 37.3 Å². The lowest BCUT2D eigenvalue weighted by Gasteiger charge is -2.20. The molecule has 112 valence electrons. The predicted octanol–water partition coefficient (Wildman–Crippen LogP) is 2.04. The average Bonchev–Trinajstić information content (AvgIpc) is 2.97. The van der Waals surface area contributed by atoms with Crippen LogP contribution in [0.3, 0.4) is 0 Å². The summed E-state index contributed by atoms with van der Waals surface area (Å²) in [6.07, 6.45) is 2.28. The molecule has 1 saturated heterocycles. The topological polar surface area (TPSA) is 64.3 Å². The fourth-order valence-corrected chi connectivity index (χ4v) is 2.31. The molecule has 0 spiro atoms. The molecule has 0 saturated carbocycles. The molecule has 3 atom stereocenters. The van der Waals surface area contributed by atoms with Crippen LogP contribution in [-0.2, 0) is 9.53 Å². The lowest BCUT2D eigenvalue weighted by molar-refractivity contribution is -0.125. The number of hydrogen-bond acceptors (Lipinski definition) is 3. The Morgan fingerprint density at radius 3 is 2.75 bits per heavy atom. The summed E-state index contributed by atoms with van der Waals surface area (Å²) < 4.78 is 5.48. The number of benzene rings is 1. The molecule has 1 aliphatic rings. The average molecular weight is 299 g/mol. The first-order valence-corrected chi connectivity index (χ1v) is 6.88. The molecule has 5 heteroatoms. The van der Waals surface area contributed by atoms with Crippen LogP contribution in [-0.4, -0.2) is 25.2 Å². The van der Waals surface area contributed by atoms with Crippen molar-refractivity contribution >= 4 is 18.3 Å². The van der Waals surface area contributed by atoms with Gasteiger partial charge in [0.1, 0.15) is 0 Å². The van der Waals surface area contributed by atoms with Crippen molar-refractivity contribution < 1.29 is 9.53 Å². The molecular formula is C15H23ClN2O2. The monoisotopic (exact) mass is 298 g/mol. The molecule has 1 aliphatic heterocycles. The smallest absolute Gasteiger partial charge is 0.224 e. The summed E-state index contributed by atoms with van der Waals surface area (Å²) in [5.41, 5.74) is 7.12. The molecule has 3 unspecified atom stereocenters. The van der Waals surface area contributed by atoms with E-state index in [1.807, 2.05) is 37.3 Å². The maximum absolute atomic E-state index is 12.1. The van der Waals surface area contributed by atoms with E-state index in [2.05, 4.69) is 5.32 Å². The van der Waals surface area contributed by atoms with E-state index in [1.165, 1.54) is 0 Å². The maximum atomic E-state index is 12.1. The molecule has 1 aromatic rings. The summed E-state index contributed by atoms with van der Waals surface area (Å²) in [4.78, 5) is 12.1. The fourth-order valence-electron chi connectivity index (χ4n) is 2.31. The highest BCUT2D eigenvalue weighted by Gasteiger charge is 2.23. The van der Waals surface area contributed by atoms with E-state index >= 15 is 0 Å². The van der Waals surface area contributed by atoms with Crippen molar-refractivity contribution in [3.8, 4) is 0 Å². The van der Waals surface area contributed by atoms with Gasteiger partial charge in [-0.2, -0.15) is 0 Å². The Kier molecular flexibility index (Phi) is 6.99. The van der Waals surface area contributed by atoms with E-state index in [4.69, 9.17) is 10.5 Å². The molecule has 1 fully saturated rings. The molecular weight excluding hydrogens is 276 g/mol. The van der Waals surface area contributed by atoms with Crippen molar-refractivity contribution in [2.45, 2.75) is 31.9 Å². The molecule has 1 aromatic carbocycles. The van der Waals surface area contributed by atoms with Crippen LogP contribution in [0.4, 0.5) is 0 Å². The van der Waals surface area contributed by atoms with Crippen LogP contribution in [0.15, 0.2) is 30.3 Å². The number of ether oxygens (including phenoxy) is 1. The van der Waals surface area contributed by atoms with E-state index in [-0.39, 0.29) is 36.4 Å². The number of carbonyl (C=O) groups is 1. The summed E-state index contributed by atoms with van der Waals surface area (Å²) in [5.74, 6) is -0.254. The molecule has 0 aliphatic carbocycles. The second kappa shape index (κ2) is 8.25. The molecule has 0 radical (unpaired) electrons. The van der Waals surface area contributed by atoms with E-state index < -0.39 is 0 Å². The first-order valence-electron chi connectivity index (χ1n) is 6.88. The summed E-state index contributed by atoms with van der Waals surface area (Å²) in [7, 11) is 0. The SMILES string of the molecule is CC(C(=O)NCC1CCCO1)C(N)c1ccccc1.Cl. The van der Waals surface area contributed by atoms with Gasteiger partial charge >= 0.3 is 0 Å². The molecule has 0 bridgehead atoms. The normalized spacial score (nSPS) is 20.8. The van der Waals surface area contributed by atoms with Crippen LogP contribution >= 0.6 is 12.4 Å². The minimum Gasteiger partial charge on any atom is -0.376 e. The summed E-state index contributed by atoms with van der Waals surface area (Å²) in [6, 6.07) is 9.45. The van der Waals surface area contributed by atoms with Gasteiger partial charge < -0.3 is 15.8 Å². The van der Waals surface area contributed by atoms with Crippen LogP contribution in [0.1, 0.15) is 31.4 Å². The van der Waals surface area contributed by atoms with Gasteiger partial charge in [-0.25, -0.2) is 0 Å². The molecule has 1 amide bonds. The Bertz CT molecular complexity index is 408. The van der Waals surface area contributed by atoms with E-state index in [1.54, 1.807) is 0 Å². The first kappa shape index (κ1) is 17.0. The lowest BCUT2D eigenvalue weighted by atomic mass is 9.94.